The van der Waals surface area contributed by atoms with Crippen LogP contribution in [0.3, 0.4) is 0 Å². The summed E-state index contributed by atoms with van der Waals surface area (Å²) in [6.07, 6.45) is 1.81. The molecule has 0 saturated heterocycles. The standard InChI is InChI=1S/C24H19N5/c1-16-14-19(12-13-26-16)23-22(18-10-6-3-7-11-18)28-21-15-20(27-24(25)29(21)23)17-8-4-2-5-9-17/h2-15H,1H3,(H2,25,27). The average Bonchev–Trinajstić information content (AvgIpc) is 3.15. The van der Waals surface area contributed by atoms with E-state index in [-0.39, 0.29) is 0 Å². The Morgan fingerprint density at radius 1 is 0.759 bits per heavy atom. The van der Waals surface area contributed by atoms with Gasteiger partial charge in [0, 0.05) is 34.6 Å². The fourth-order valence-electron chi connectivity index (χ4n) is 3.61. The Balaban J connectivity index is 1.83. The SMILES string of the molecule is Cc1cc(-c2c(-c3ccccc3)nc3cc(-c4ccccc4)nc(N)n23)ccn1. The van der Waals surface area contributed by atoms with Gasteiger partial charge in [0.2, 0.25) is 5.95 Å². The molecule has 0 saturated carbocycles. The number of nitrogens with two attached hydrogens (primary N) is 1. The molecule has 5 aromatic rings. The van der Waals surface area contributed by atoms with Gasteiger partial charge in [-0.25, -0.2) is 9.97 Å². The first kappa shape index (κ1) is 17.1. The second-order valence-electron chi connectivity index (χ2n) is 6.92. The molecule has 5 rings (SSSR count). The van der Waals surface area contributed by atoms with Crippen molar-refractivity contribution in [2.24, 2.45) is 0 Å². The van der Waals surface area contributed by atoms with E-state index >= 15 is 0 Å². The van der Waals surface area contributed by atoms with Gasteiger partial charge in [0.25, 0.3) is 0 Å². The molecule has 0 spiro atoms. The first-order valence-electron chi connectivity index (χ1n) is 9.43. The van der Waals surface area contributed by atoms with Gasteiger partial charge in [-0.3, -0.25) is 9.38 Å². The third-order valence-electron chi connectivity index (χ3n) is 4.92. The van der Waals surface area contributed by atoms with Gasteiger partial charge in [0.1, 0.15) is 5.65 Å². The number of nitrogens with zero attached hydrogens (tertiary/aromatic N) is 4. The summed E-state index contributed by atoms with van der Waals surface area (Å²) in [6, 6.07) is 26.1. The Hall–Kier alpha value is -3.99. The van der Waals surface area contributed by atoms with Gasteiger partial charge in [-0.15, -0.1) is 0 Å². The highest BCUT2D eigenvalue weighted by molar-refractivity contribution is 5.84. The number of nitrogen functional groups attached to an aromatic ring is 1. The highest BCUT2D eigenvalue weighted by Crippen LogP contribution is 2.35. The number of rotatable bonds is 3. The summed E-state index contributed by atoms with van der Waals surface area (Å²) in [6.45, 7) is 1.98. The molecule has 3 heterocycles. The number of imidazole rings is 1. The molecule has 0 fully saturated rings. The minimum atomic E-state index is 0.403. The fraction of sp³-hybridized carbons (Fsp3) is 0.0417. The van der Waals surface area contributed by atoms with Crippen molar-refractivity contribution in [3.63, 3.8) is 0 Å². The van der Waals surface area contributed by atoms with Crippen LogP contribution in [0, 0.1) is 6.92 Å². The molecule has 29 heavy (non-hydrogen) atoms. The van der Waals surface area contributed by atoms with E-state index in [4.69, 9.17) is 10.7 Å². The molecule has 0 unspecified atom stereocenters. The minimum Gasteiger partial charge on any atom is -0.369 e. The summed E-state index contributed by atoms with van der Waals surface area (Å²) in [5.74, 6) is 0.403. The number of aryl methyl sites for hydroxylation is 1. The summed E-state index contributed by atoms with van der Waals surface area (Å²) < 4.78 is 1.92. The van der Waals surface area contributed by atoms with Crippen LogP contribution in [0.1, 0.15) is 5.69 Å². The van der Waals surface area contributed by atoms with E-state index in [9.17, 15) is 0 Å². The number of fused-ring (bicyclic) bond motifs is 1. The number of benzene rings is 2. The minimum absolute atomic E-state index is 0.403. The molecule has 2 aromatic carbocycles. The summed E-state index contributed by atoms with van der Waals surface area (Å²) in [5.41, 5.74) is 13.8. The average molecular weight is 377 g/mol. The van der Waals surface area contributed by atoms with E-state index in [0.717, 1.165) is 45.1 Å². The van der Waals surface area contributed by atoms with Crippen LogP contribution < -0.4 is 5.73 Å². The zero-order valence-electron chi connectivity index (χ0n) is 15.9. The molecular formula is C24H19N5. The van der Waals surface area contributed by atoms with Crippen molar-refractivity contribution in [3.05, 3.63) is 90.8 Å². The van der Waals surface area contributed by atoms with Crippen molar-refractivity contribution in [1.29, 1.82) is 0 Å². The molecule has 0 bridgehead atoms. The van der Waals surface area contributed by atoms with E-state index in [1.165, 1.54) is 0 Å². The largest absolute Gasteiger partial charge is 0.369 e. The van der Waals surface area contributed by atoms with Crippen LogP contribution in [-0.4, -0.2) is 19.4 Å². The van der Waals surface area contributed by atoms with Crippen LogP contribution >= 0.6 is 0 Å². The van der Waals surface area contributed by atoms with Crippen molar-refractivity contribution < 1.29 is 0 Å². The zero-order valence-corrected chi connectivity index (χ0v) is 15.9. The lowest BCUT2D eigenvalue weighted by Crippen LogP contribution is -2.03. The predicted octanol–water partition coefficient (Wildman–Crippen LogP) is 5.02. The second-order valence-corrected chi connectivity index (χ2v) is 6.92. The molecule has 0 atom stereocenters. The van der Waals surface area contributed by atoms with Gasteiger partial charge < -0.3 is 5.73 Å². The van der Waals surface area contributed by atoms with Gasteiger partial charge in [0.15, 0.2) is 0 Å². The molecule has 0 aliphatic heterocycles. The number of hydrogen-bond acceptors (Lipinski definition) is 4. The maximum absolute atomic E-state index is 6.46. The zero-order chi connectivity index (χ0) is 19.8. The predicted molar refractivity (Wildman–Crippen MR) is 116 cm³/mol. The third kappa shape index (κ3) is 3.02. The lowest BCUT2D eigenvalue weighted by atomic mass is 10.1. The van der Waals surface area contributed by atoms with Crippen molar-refractivity contribution in [1.82, 2.24) is 19.4 Å². The molecule has 3 aromatic heterocycles. The van der Waals surface area contributed by atoms with Crippen molar-refractivity contribution >= 4 is 11.6 Å². The first-order chi connectivity index (χ1) is 14.2. The Bertz CT molecular complexity index is 1310. The van der Waals surface area contributed by atoms with E-state index in [1.807, 2.05) is 78.1 Å². The number of aromatic nitrogens is 4. The maximum Gasteiger partial charge on any atom is 0.207 e. The monoisotopic (exact) mass is 377 g/mol. The molecule has 5 heteroatoms. The highest BCUT2D eigenvalue weighted by atomic mass is 15.1. The molecule has 0 aliphatic carbocycles. The Morgan fingerprint density at radius 2 is 1.45 bits per heavy atom. The fourth-order valence-corrected chi connectivity index (χ4v) is 3.61. The van der Waals surface area contributed by atoms with Crippen molar-refractivity contribution in [2.45, 2.75) is 6.92 Å². The highest BCUT2D eigenvalue weighted by Gasteiger charge is 2.19. The number of pyridine rings is 1. The van der Waals surface area contributed by atoms with Crippen molar-refractivity contribution in [2.75, 3.05) is 5.73 Å². The summed E-state index contributed by atoms with van der Waals surface area (Å²) in [5, 5.41) is 0. The molecule has 2 N–H and O–H groups in total. The van der Waals surface area contributed by atoms with Gasteiger partial charge in [-0.05, 0) is 19.1 Å². The van der Waals surface area contributed by atoms with Gasteiger partial charge in [-0.1, -0.05) is 60.7 Å². The Morgan fingerprint density at radius 3 is 2.14 bits per heavy atom. The van der Waals surface area contributed by atoms with Crippen LogP contribution in [0.5, 0.6) is 0 Å². The molecular weight excluding hydrogens is 358 g/mol. The Kier molecular flexibility index (Phi) is 4.06. The van der Waals surface area contributed by atoms with Gasteiger partial charge in [-0.2, -0.15) is 0 Å². The van der Waals surface area contributed by atoms with Gasteiger partial charge >= 0.3 is 0 Å². The lowest BCUT2D eigenvalue weighted by molar-refractivity contribution is 1.11. The topological polar surface area (TPSA) is 69.1 Å². The molecule has 5 nitrogen and oxygen atoms in total. The van der Waals surface area contributed by atoms with Crippen LogP contribution in [0.15, 0.2) is 85.1 Å². The smallest absolute Gasteiger partial charge is 0.207 e. The van der Waals surface area contributed by atoms with Gasteiger partial charge in [0.05, 0.1) is 17.1 Å². The van der Waals surface area contributed by atoms with Crippen LogP contribution in [0.2, 0.25) is 0 Å². The van der Waals surface area contributed by atoms with E-state index in [1.54, 1.807) is 6.20 Å². The second kappa shape index (κ2) is 6.87. The molecule has 0 aliphatic rings. The van der Waals surface area contributed by atoms with Crippen LogP contribution in [0.4, 0.5) is 5.95 Å². The van der Waals surface area contributed by atoms with Crippen LogP contribution in [0.25, 0.3) is 39.4 Å². The number of anilines is 1. The van der Waals surface area contributed by atoms with E-state index < -0.39 is 0 Å². The molecule has 0 amide bonds. The van der Waals surface area contributed by atoms with Crippen LogP contribution in [-0.2, 0) is 0 Å². The summed E-state index contributed by atoms with van der Waals surface area (Å²) in [4.78, 5) is 14.0. The normalized spacial score (nSPS) is 11.1. The lowest BCUT2D eigenvalue weighted by Gasteiger charge is -2.09. The summed E-state index contributed by atoms with van der Waals surface area (Å²) in [7, 11) is 0. The quantitative estimate of drug-likeness (QED) is 0.479. The molecule has 0 radical (unpaired) electrons. The van der Waals surface area contributed by atoms with E-state index in [2.05, 4.69) is 22.1 Å². The molecule has 140 valence electrons. The first-order valence-corrected chi connectivity index (χ1v) is 9.43. The maximum atomic E-state index is 6.46. The third-order valence-corrected chi connectivity index (χ3v) is 4.92. The Labute approximate surface area is 168 Å². The summed E-state index contributed by atoms with van der Waals surface area (Å²) >= 11 is 0. The van der Waals surface area contributed by atoms with Crippen molar-refractivity contribution in [3.8, 4) is 33.8 Å². The van der Waals surface area contributed by atoms with E-state index in [0.29, 0.717) is 5.95 Å². The number of hydrogen-bond donors (Lipinski definition) is 1.